The summed E-state index contributed by atoms with van der Waals surface area (Å²) < 4.78 is 28.5. The van der Waals surface area contributed by atoms with E-state index in [1.165, 1.54) is 0 Å². The number of allylic oxidation sites excluding steroid dienone is 1. The molecule has 18 heavy (non-hydrogen) atoms. The average Bonchev–Trinajstić information content (AvgIpc) is 2.54. The van der Waals surface area contributed by atoms with E-state index in [9.17, 15) is 4.57 Å². The number of rotatable bonds is 7. The lowest BCUT2D eigenvalue weighted by atomic mass is 9.98. The van der Waals surface area contributed by atoms with Gasteiger partial charge in [-0.15, -0.1) is 0 Å². The maximum absolute atomic E-state index is 12.4. The second-order valence-electron chi connectivity index (χ2n) is 4.36. The molecule has 0 amide bonds. The van der Waals surface area contributed by atoms with Crippen LogP contribution in [0.1, 0.15) is 46.5 Å². The first-order valence-corrected chi connectivity index (χ1v) is 8.35. The van der Waals surface area contributed by atoms with Gasteiger partial charge in [0.15, 0.2) is 0 Å². The first-order valence-electron chi connectivity index (χ1n) is 6.89. The minimum atomic E-state index is -3.39. The number of hydrogen-bond donors (Lipinski definition) is 0. The molecular formula is C13H25O4P. The monoisotopic (exact) mass is 276 g/mol. The maximum Gasteiger partial charge on any atom is 0.475 e. The molecule has 106 valence electrons. The largest absolute Gasteiger partial charge is 0.475 e. The van der Waals surface area contributed by atoms with Gasteiger partial charge in [-0.2, -0.15) is 0 Å². The molecule has 0 aromatic carbocycles. The predicted octanol–water partition coefficient (Wildman–Crippen LogP) is 4.32. The molecule has 0 radical (unpaired) electrons. The average molecular weight is 276 g/mol. The Balaban J connectivity index is 2.71. The topological polar surface area (TPSA) is 44.8 Å². The minimum absolute atomic E-state index is 0.0716. The van der Waals surface area contributed by atoms with Gasteiger partial charge in [-0.3, -0.25) is 13.6 Å². The molecule has 2 atom stereocenters. The van der Waals surface area contributed by atoms with E-state index in [0.29, 0.717) is 19.1 Å². The molecule has 0 fully saturated rings. The molecule has 4 nitrogen and oxygen atoms in total. The Labute approximate surface area is 110 Å². The molecule has 0 aliphatic heterocycles. The van der Waals surface area contributed by atoms with Crippen LogP contribution in [0.15, 0.2) is 12.2 Å². The van der Waals surface area contributed by atoms with Crippen LogP contribution in [0.5, 0.6) is 0 Å². The van der Waals surface area contributed by atoms with E-state index in [1.54, 1.807) is 13.8 Å². The van der Waals surface area contributed by atoms with Crippen molar-refractivity contribution in [1.29, 1.82) is 0 Å². The fourth-order valence-electron chi connectivity index (χ4n) is 2.16. The Morgan fingerprint density at radius 2 is 1.89 bits per heavy atom. The van der Waals surface area contributed by atoms with Crippen molar-refractivity contribution in [1.82, 2.24) is 0 Å². The van der Waals surface area contributed by atoms with Gasteiger partial charge in [0, 0.05) is 5.92 Å². The molecule has 1 rings (SSSR count). The Bertz CT molecular complexity index is 293. The summed E-state index contributed by atoms with van der Waals surface area (Å²) in [6, 6.07) is 0. The lowest BCUT2D eigenvalue weighted by Gasteiger charge is -2.26. The zero-order chi connectivity index (χ0) is 13.4. The molecule has 0 N–H and O–H groups in total. The first kappa shape index (κ1) is 15.9. The normalized spacial score (nSPS) is 25.1. The molecule has 0 unspecified atom stereocenters. The third kappa shape index (κ3) is 4.85. The van der Waals surface area contributed by atoms with Crippen LogP contribution in [0, 0.1) is 5.92 Å². The van der Waals surface area contributed by atoms with Crippen molar-refractivity contribution in [2.75, 3.05) is 13.2 Å². The van der Waals surface area contributed by atoms with Crippen molar-refractivity contribution in [3.05, 3.63) is 12.2 Å². The van der Waals surface area contributed by atoms with Crippen LogP contribution in [0.25, 0.3) is 0 Å². The van der Waals surface area contributed by atoms with Crippen molar-refractivity contribution >= 4 is 7.82 Å². The lowest BCUT2D eigenvalue weighted by molar-refractivity contribution is 0.0601. The van der Waals surface area contributed by atoms with E-state index >= 15 is 0 Å². The van der Waals surface area contributed by atoms with Crippen LogP contribution in [-0.4, -0.2) is 19.3 Å². The fourth-order valence-corrected chi connectivity index (χ4v) is 3.58. The van der Waals surface area contributed by atoms with Gasteiger partial charge in [0.05, 0.1) is 19.3 Å². The van der Waals surface area contributed by atoms with Crippen molar-refractivity contribution in [2.45, 2.75) is 52.6 Å². The van der Waals surface area contributed by atoms with Crippen LogP contribution in [0.4, 0.5) is 0 Å². The molecule has 1 aliphatic carbocycles. The standard InChI is InChI=1S/C13H25O4P/c1-4-12-10-8-7-9-11-13(12)17-18(14,15-5-2)16-6-3/h8,10,12-13H,4-7,9,11H2,1-3H3/t12-,13-/m1/s1. The summed E-state index contributed by atoms with van der Waals surface area (Å²) in [5, 5.41) is 0. The fraction of sp³-hybridized carbons (Fsp3) is 0.846. The van der Waals surface area contributed by atoms with E-state index in [-0.39, 0.29) is 6.10 Å². The van der Waals surface area contributed by atoms with Crippen LogP contribution in [0.2, 0.25) is 0 Å². The second-order valence-corrected chi connectivity index (χ2v) is 5.98. The molecule has 0 aromatic rings. The van der Waals surface area contributed by atoms with Crippen LogP contribution in [-0.2, 0) is 18.1 Å². The highest BCUT2D eigenvalue weighted by Crippen LogP contribution is 2.52. The highest BCUT2D eigenvalue weighted by molar-refractivity contribution is 7.48. The van der Waals surface area contributed by atoms with Crippen LogP contribution < -0.4 is 0 Å². The third-order valence-corrected chi connectivity index (χ3v) is 4.71. The lowest BCUT2D eigenvalue weighted by Crippen LogP contribution is -2.21. The van der Waals surface area contributed by atoms with Gasteiger partial charge in [-0.1, -0.05) is 19.1 Å². The summed E-state index contributed by atoms with van der Waals surface area (Å²) in [4.78, 5) is 0. The highest BCUT2D eigenvalue weighted by atomic mass is 31.2. The summed E-state index contributed by atoms with van der Waals surface area (Å²) >= 11 is 0. The summed E-state index contributed by atoms with van der Waals surface area (Å²) in [5.74, 6) is 0.293. The van der Waals surface area contributed by atoms with Crippen molar-refractivity contribution in [3.63, 3.8) is 0 Å². The van der Waals surface area contributed by atoms with Gasteiger partial charge >= 0.3 is 7.82 Å². The highest BCUT2D eigenvalue weighted by Gasteiger charge is 2.33. The summed E-state index contributed by atoms with van der Waals surface area (Å²) in [5.41, 5.74) is 0. The van der Waals surface area contributed by atoms with Crippen molar-refractivity contribution in [2.24, 2.45) is 5.92 Å². The molecule has 0 heterocycles. The Morgan fingerprint density at radius 3 is 2.44 bits per heavy atom. The summed E-state index contributed by atoms with van der Waals surface area (Å²) in [6.07, 6.45) is 8.26. The second kappa shape index (κ2) is 8.11. The smallest absolute Gasteiger partial charge is 0.287 e. The molecule has 0 saturated heterocycles. The molecular weight excluding hydrogens is 251 g/mol. The van der Waals surface area contributed by atoms with Gasteiger partial charge in [0.1, 0.15) is 0 Å². The molecule has 0 aromatic heterocycles. The zero-order valence-corrected chi connectivity index (χ0v) is 12.5. The van der Waals surface area contributed by atoms with E-state index in [0.717, 1.165) is 25.7 Å². The van der Waals surface area contributed by atoms with Gasteiger partial charge < -0.3 is 0 Å². The Kier molecular flexibility index (Phi) is 7.16. The third-order valence-electron chi connectivity index (χ3n) is 3.03. The summed E-state index contributed by atoms with van der Waals surface area (Å²) in [6.45, 7) is 6.36. The summed E-state index contributed by atoms with van der Waals surface area (Å²) in [7, 11) is -3.39. The SMILES string of the molecule is CCOP(=O)(OCC)O[C@@H]1CCCC=C[C@H]1CC. The number of hydrogen-bond acceptors (Lipinski definition) is 4. The van der Waals surface area contributed by atoms with Gasteiger partial charge in [-0.05, 0) is 39.5 Å². The van der Waals surface area contributed by atoms with Gasteiger partial charge in [0.25, 0.3) is 0 Å². The predicted molar refractivity (Wildman–Crippen MR) is 72.5 cm³/mol. The Hall–Kier alpha value is -0.150. The Morgan fingerprint density at radius 1 is 1.22 bits per heavy atom. The molecule has 0 bridgehead atoms. The van der Waals surface area contributed by atoms with Gasteiger partial charge in [-0.25, -0.2) is 4.57 Å². The van der Waals surface area contributed by atoms with Crippen LogP contribution >= 0.6 is 7.82 Å². The van der Waals surface area contributed by atoms with Crippen molar-refractivity contribution < 1.29 is 18.1 Å². The first-order chi connectivity index (χ1) is 8.65. The molecule has 0 spiro atoms. The maximum atomic E-state index is 12.4. The van der Waals surface area contributed by atoms with Crippen molar-refractivity contribution in [3.8, 4) is 0 Å². The van der Waals surface area contributed by atoms with Gasteiger partial charge in [0.2, 0.25) is 0 Å². The van der Waals surface area contributed by atoms with E-state index in [4.69, 9.17) is 13.6 Å². The quantitative estimate of drug-likeness (QED) is 0.513. The number of phosphoric acid groups is 1. The van der Waals surface area contributed by atoms with E-state index in [1.807, 2.05) is 0 Å². The minimum Gasteiger partial charge on any atom is -0.287 e. The molecule has 5 heteroatoms. The van der Waals surface area contributed by atoms with E-state index in [2.05, 4.69) is 19.1 Å². The molecule has 0 saturated carbocycles. The molecule has 1 aliphatic rings. The van der Waals surface area contributed by atoms with Crippen LogP contribution in [0.3, 0.4) is 0 Å². The zero-order valence-electron chi connectivity index (χ0n) is 11.6. The van der Waals surface area contributed by atoms with E-state index < -0.39 is 7.82 Å². The number of phosphoric ester groups is 1.